The molecule has 0 unspecified atom stereocenters. The van der Waals surface area contributed by atoms with E-state index in [0.29, 0.717) is 5.56 Å². The second-order valence-electron chi connectivity index (χ2n) is 6.74. The standard InChI is InChI=1S/C21H19N5O2/c27-21(14-1-2-18-19(11-14)24-13-23-18)25-17-3-4-20(26-7-9-28-10-8-26)15-5-6-22-12-16(15)17/h1-6,11-13H,7-10H2,(H,23,24)(H,25,27). The number of amides is 1. The SMILES string of the molecule is O=C(Nc1ccc(N2CCOCC2)c2ccncc12)c1ccc2nc[nH]c2c1. The lowest BCUT2D eigenvalue weighted by atomic mass is 10.1. The van der Waals surface area contributed by atoms with Gasteiger partial charge in [-0.25, -0.2) is 4.98 Å². The van der Waals surface area contributed by atoms with Crippen LogP contribution in [-0.2, 0) is 4.74 Å². The van der Waals surface area contributed by atoms with E-state index in [1.807, 2.05) is 18.2 Å². The van der Waals surface area contributed by atoms with Crippen molar-refractivity contribution in [3.05, 3.63) is 60.7 Å². The van der Waals surface area contributed by atoms with Crippen LogP contribution in [0, 0.1) is 0 Å². The number of benzene rings is 2. The number of hydrogen-bond acceptors (Lipinski definition) is 5. The lowest BCUT2D eigenvalue weighted by Crippen LogP contribution is -2.36. The second kappa shape index (κ2) is 6.94. The first-order chi connectivity index (χ1) is 13.8. The second-order valence-corrected chi connectivity index (χ2v) is 6.74. The van der Waals surface area contributed by atoms with Gasteiger partial charge >= 0.3 is 0 Å². The Morgan fingerprint density at radius 2 is 2.00 bits per heavy atom. The van der Waals surface area contributed by atoms with Gasteiger partial charge in [-0.1, -0.05) is 0 Å². The minimum atomic E-state index is -0.166. The molecule has 0 aliphatic carbocycles. The largest absolute Gasteiger partial charge is 0.378 e. The van der Waals surface area contributed by atoms with E-state index >= 15 is 0 Å². The Morgan fingerprint density at radius 3 is 2.89 bits per heavy atom. The van der Waals surface area contributed by atoms with Crippen LogP contribution in [0.2, 0.25) is 0 Å². The summed E-state index contributed by atoms with van der Waals surface area (Å²) in [6.45, 7) is 3.16. The number of aromatic nitrogens is 3. The van der Waals surface area contributed by atoms with Gasteiger partial charge in [0.25, 0.3) is 5.91 Å². The molecule has 2 N–H and O–H groups in total. The number of fused-ring (bicyclic) bond motifs is 2. The zero-order valence-electron chi connectivity index (χ0n) is 15.2. The Balaban J connectivity index is 1.49. The van der Waals surface area contributed by atoms with E-state index in [9.17, 15) is 4.79 Å². The molecule has 7 heteroatoms. The molecule has 0 bridgehead atoms. The molecule has 4 aromatic rings. The van der Waals surface area contributed by atoms with Crippen molar-refractivity contribution in [2.24, 2.45) is 0 Å². The number of ether oxygens (including phenoxy) is 1. The average molecular weight is 373 g/mol. The number of anilines is 2. The number of carbonyl (C=O) groups excluding carboxylic acids is 1. The molecule has 2 aromatic heterocycles. The Morgan fingerprint density at radius 1 is 1.11 bits per heavy atom. The minimum absolute atomic E-state index is 0.166. The third kappa shape index (κ3) is 2.95. The highest BCUT2D eigenvalue weighted by atomic mass is 16.5. The van der Waals surface area contributed by atoms with Gasteiger partial charge in [-0.05, 0) is 36.4 Å². The number of rotatable bonds is 3. The maximum Gasteiger partial charge on any atom is 0.255 e. The van der Waals surface area contributed by atoms with Crippen LogP contribution in [0.1, 0.15) is 10.4 Å². The molecule has 140 valence electrons. The molecular formula is C21H19N5O2. The molecule has 1 aliphatic rings. The lowest BCUT2D eigenvalue weighted by molar-refractivity contribution is 0.102. The van der Waals surface area contributed by atoms with Crippen molar-refractivity contribution >= 4 is 39.1 Å². The van der Waals surface area contributed by atoms with Gasteiger partial charge in [0.2, 0.25) is 0 Å². The summed E-state index contributed by atoms with van der Waals surface area (Å²) in [7, 11) is 0. The first kappa shape index (κ1) is 16.7. The van der Waals surface area contributed by atoms with Crippen LogP contribution in [0.25, 0.3) is 21.8 Å². The quantitative estimate of drug-likeness (QED) is 0.576. The van der Waals surface area contributed by atoms with Crippen molar-refractivity contribution in [3.63, 3.8) is 0 Å². The number of H-pyrrole nitrogens is 1. The predicted octanol–water partition coefficient (Wildman–Crippen LogP) is 3.20. The molecule has 0 spiro atoms. The first-order valence-corrected chi connectivity index (χ1v) is 9.23. The zero-order valence-corrected chi connectivity index (χ0v) is 15.2. The highest BCUT2D eigenvalue weighted by Crippen LogP contribution is 2.32. The summed E-state index contributed by atoms with van der Waals surface area (Å²) in [5.74, 6) is -0.166. The van der Waals surface area contributed by atoms with Gasteiger partial charge in [0.15, 0.2) is 0 Å². The van der Waals surface area contributed by atoms with Crippen molar-refractivity contribution in [2.75, 3.05) is 36.5 Å². The van der Waals surface area contributed by atoms with E-state index in [4.69, 9.17) is 4.74 Å². The topological polar surface area (TPSA) is 83.1 Å². The zero-order chi connectivity index (χ0) is 18.9. The van der Waals surface area contributed by atoms with E-state index in [-0.39, 0.29) is 5.91 Å². The number of imidazole rings is 1. The molecular weight excluding hydrogens is 354 g/mol. The van der Waals surface area contributed by atoms with E-state index in [2.05, 4.69) is 31.2 Å². The molecule has 1 saturated heterocycles. The van der Waals surface area contributed by atoms with Crippen LogP contribution in [0.4, 0.5) is 11.4 Å². The molecule has 5 rings (SSSR count). The number of aromatic amines is 1. The molecule has 7 nitrogen and oxygen atoms in total. The van der Waals surface area contributed by atoms with Crippen molar-refractivity contribution in [1.29, 1.82) is 0 Å². The number of morpholine rings is 1. The van der Waals surface area contributed by atoms with Crippen LogP contribution in [0.15, 0.2) is 55.1 Å². The highest BCUT2D eigenvalue weighted by molar-refractivity contribution is 6.11. The molecule has 3 heterocycles. The summed E-state index contributed by atoms with van der Waals surface area (Å²) in [4.78, 5) is 26.6. The monoisotopic (exact) mass is 373 g/mol. The molecule has 28 heavy (non-hydrogen) atoms. The molecule has 0 radical (unpaired) electrons. The van der Waals surface area contributed by atoms with E-state index in [1.54, 1.807) is 30.9 Å². The normalized spacial score (nSPS) is 14.5. The molecule has 2 aromatic carbocycles. The molecule has 1 amide bonds. The van der Waals surface area contributed by atoms with Gasteiger partial charge in [-0.2, -0.15) is 0 Å². The Hall–Kier alpha value is -3.45. The van der Waals surface area contributed by atoms with Gasteiger partial charge in [0.05, 0.1) is 36.3 Å². The summed E-state index contributed by atoms with van der Waals surface area (Å²) < 4.78 is 5.47. The van der Waals surface area contributed by atoms with Gasteiger partial charge in [0, 0.05) is 47.5 Å². The third-order valence-corrected chi connectivity index (χ3v) is 5.08. The van der Waals surface area contributed by atoms with Crippen LogP contribution < -0.4 is 10.2 Å². The predicted molar refractivity (Wildman–Crippen MR) is 109 cm³/mol. The summed E-state index contributed by atoms with van der Waals surface area (Å²) in [6, 6.07) is 11.4. The summed E-state index contributed by atoms with van der Waals surface area (Å²) in [5, 5.41) is 5.02. The number of pyridine rings is 1. The average Bonchev–Trinajstić information content (AvgIpc) is 3.22. The maximum atomic E-state index is 12.8. The van der Waals surface area contributed by atoms with Crippen LogP contribution in [-0.4, -0.2) is 47.2 Å². The van der Waals surface area contributed by atoms with Crippen LogP contribution >= 0.6 is 0 Å². The Kier molecular flexibility index (Phi) is 4.14. The fourth-order valence-electron chi connectivity index (χ4n) is 3.63. The van der Waals surface area contributed by atoms with Crippen molar-refractivity contribution in [1.82, 2.24) is 15.0 Å². The molecule has 0 atom stereocenters. The third-order valence-electron chi connectivity index (χ3n) is 5.08. The van der Waals surface area contributed by atoms with Gasteiger partial charge in [-0.15, -0.1) is 0 Å². The smallest absolute Gasteiger partial charge is 0.255 e. The number of nitrogens with one attached hydrogen (secondary N) is 2. The number of carbonyl (C=O) groups is 1. The summed E-state index contributed by atoms with van der Waals surface area (Å²) in [5.41, 5.74) is 4.13. The van der Waals surface area contributed by atoms with E-state index < -0.39 is 0 Å². The number of nitrogens with zero attached hydrogens (tertiary/aromatic N) is 3. The highest BCUT2D eigenvalue weighted by Gasteiger charge is 2.16. The Bertz CT molecular complexity index is 1160. The minimum Gasteiger partial charge on any atom is -0.378 e. The van der Waals surface area contributed by atoms with Crippen molar-refractivity contribution in [2.45, 2.75) is 0 Å². The van der Waals surface area contributed by atoms with Crippen molar-refractivity contribution in [3.8, 4) is 0 Å². The van der Waals surface area contributed by atoms with Gasteiger partial charge < -0.3 is 19.9 Å². The van der Waals surface area contributed by atoms with Gasteiger partial charge in [-0.3, -0.25) is 9.78 Å². The fraction of sp³-hybridized carbons (Fsp3) is 0.190. The Labute approximate surface area is 161 Å². The lowest BCUT2D eigenvalue weighted by Gasteiger charge is -2.30. The molecule has 1 aliphatic heterocycles. The summed E-state index contributed by atoms with van der Waals surface area (Å²) in [6.07, 6.45) is 5.20. The van der Waals surface area contributed by atoms with Crippen LogP contribution in [0.5, 0.6) is 0 Å². The summed E-state index contributed by atoms with van der Waals surface area (Å²) >= 11 is 0. The first-order valence-electron chi connectivity index (χ1n) is 9.23. The van der Waals surface area contributed by atoms with Gasteiger partial charge in [0.1, 0.15) is 0 Å². The van der Waals surface area contributed by atoms with E-state index in [0.717, 1.165) is 59.5 Å². The van der Waals surface area contributed by atoms with Crippen LogP contribution in [0.3, 0.4) is 0 Å². The fourth-order valence-corrected chi connectivity index (χ4v) is 3.63. The number of hydrogen-bond donors (Lipinski definition) is 2. The van der Waals surface area contributed by atoms with Crippen molar-refractivity contribution < 1.29 is 9.53 Å². The maximum absolute atomic E-state index is 12.8. The molecule has 1 fully saturated rings. The van der Waals surface area contributed by atoms with E-state index in [1.165, 1.54) is 0 Å². The molecule has 0 saturated carbocycles.